The maximum absolute atomic E-state index is 12.7. The van der Waals surface area contributed by atoms with Gasteiger partial charge in [0.25, 0.3) is 0 Å². The van der Waals surface area contributed by atoms with Crippen molar-refractivity contribution < 1.29 is 18.7 Å². The van der Waals surface area contributed by atoms with Crippen LogP contribution in [0, 0.1) is 6.92 Å². The number of nitrogens with one attached hydrogen (secondary N) is 1. The van der Waals surface area contributed by atoms with Gasteiger partial charge in [-0.1, -0.05) is 41.9 Å². The predicted octanol–water partition coefficient (Wildman–Crippen LogP) is 7.19. The smallest absolute Gasteiger partial charge is 0.244 e. The van der Waals surface area contributed by atoms with Crippen molar-refractivity contribution in [1.82, 2.24) is 5.32 Å². The summed E-state index contributed by atoms with van der Waals surface area (Å²) in [6, 6.07) is 17.4. The monoisotopic (exact) mass is 489 g/mol. The van der Waals surface area contributed by atoms with Gasteiger partial charge >= 0.3 is 0 Å². The molecule has 6 heteroatoms. The molecular formula is C29H28ClNO4. The van der Waals surface area contributed by atoms with Gasteiger partial charge in [0.05, 0.1) is 20.0 Å². The number of carbonyl (C=O) groups is 1. The fraction of sp³-hybridized carbons (Fsp3) is 0.207. The van der Waals surface area contributed by atoms with Crippen LogP contribution in [-0.4, -0.2) is 19.6 Å². The second-order valence-electron chi connectivity index (χ2n) is 8.20. The van der Waals surface area contributed by atoms with Gasteiger partial charge in [-0.15, -0.1) is 0 Å². The van der Waals surface area contributed by atoms with Crippen molar-refractivity contribution in [3.8, 4) is 22.6 Å². The summed E-state index contributed by atoms with van der Waals surface area (Å²) in [5.41, 5.74) is 6.09. The fourth-order valence-corrected chi connectivity index (χ4v) is 4.34. The molecule has 0 aliphatic heterocycles. The van der Waals surface area contributed by atoms with Gasteiger partial charge < -0.3 is 19.2 Å². The SMILES string of the molecule is CCOc1ccc(-c2coc3c(C)c(OC)c(/C(C)=C/C(=O)NCc4ccccc4Cl)cc23)cc1. The molecule has 1 N–H and O–H groups in total. The van der Waals surface area contributed by atoms with Crippen molar-refractivity contribution in [3.05, 3.63) is 88.6 Å². The number of furan rings is 1. The summed E-state index contributed by atoms with van der Waals surface area (Å²) >= 11 is 6.20. The molecule has 0 radical (unpaired) electrons. The molecule has 0 unspecified atom stereocenters. The number of amides is 1. The summed E-state index contributed by atoms with van der Waals surface area (Å²) in [7, 11) is 1.62. The largest absolute Gasteiger partial charge is 0.496 e. The molecule has 1 amide bonds. The highest BCUT2D eigenvalue weighted by Gasteiger charge is 2.19. The summed E-state index contributed by atoms with van der Waals surface area (Å²) in [5.74, 6) is 1.29. The summed E-state index contributed by atoms with van der Waals surface area (Å²) in [6.07, 6.45) is 3.34. The maximum atomic E-state index is 12.7. The van der Waals surface area contributed by atoms with E-state index < -0.39 is 0 Å². The van der Waals surface area contributed by atoms with Crippen LogP contribution in [0.5, 0.6) is 11.5 Å². The van der Waals surface area contributed by atoms with Crippen LogP contribution in [0.4, 0.5) is 0 Å². The molecule has 5 nitrogen and oxygen atoms in total. The topological polar surface area (TPSA) is 60.7 Å². The second kappa shape index (κ2) is 10.7. The summed E-state index contributed by atoms with van der Waals surface area (Å²) in [6.45, 7) is 6.78. The molecule has 0 spiro atoms. The van der Waals surface area contributed by atoms with Crippen molar-refractivity contribution in [2.75, 3.05) is 13.7 Å². The Morgan fingerprint density at radius 2 is 1.89 bits per heavy atom. The predicted molar refractivity (Wildman–Crippen MR) is 141 cm³/mol. The normalized spacial score (nSPS) is 11.5. The van der Waals surface area contributed by atoms with Crippen molar-refractivity contribution in [2.45, 2.75) is 27.3 Å². The zero-order valence-corrected chi connectivity index (χ0v) is 21.0. The number of benzene rings is 3. The number of aryl methyl sites for hydroxylation is 1. The Labute approximate surface area is 210 Å². The highest BCUT2D eigenvalue weighted by Crippen LogP contribution is 2.40. The Morgan fingerprint density at radius 1 is 1.14 bits per heavy atom. The standard InChI is InChI=1S/C29H28ClNO4/c1-5-34-22-12-10-20(11-13-22)25-17-35-29-19(3)28(33-4)23(15-24(25)29)18(2)14-27(32)31-16-21-8-6-7-9-26(21)30/h6-15,17H,5,16H2,1-4H3,(H,31,32)/b18-14+. The average Bonchev–Trinajstić information content (AvgIpc) is 3.28. The van der Waals surface area contributed by atoms with E-state index in [0.717, 1.165) is 50.1 Å². The van der Waals surface area contributed by atoms with Gasteiger partial charge in [-0.3, -0.25) is 4.79 Å². The van der Waals surface area contributed by atoms with E-state index in [-0.39, 0.29) is 5.91 Å². The molecule has 1 heterocycles. The number of carbonyl (C=O) groups excluding carboxylic acids is 1. The van der Waals surface area contributed by atoms with Gasteiger partial charge in [-0.2, -0.15) is 0 Å². The fourth-order valence-electron chi connectivity index (χ4n) is 4.14. The number of methoxy groups -OCH3 is 1. The molecule has 4 rings (SSSR count). The molecule has 1 aromatic heterocycles. The summed E-state index contributed by atoms with van der Waals surface area (Å²) < 4.78 is 17.2. The van der Waals surface area contributed by atoms with Crippen molar-refractivity contribution in [2.24, 2.45) is 0 Å². The zero-order chi connectivity index (χ0) is 24.9. The Kier molecular flexibility index (Phi) is 7.47. The van der Waals surface area contributed by atoms with Gasteiger partial charge in [-0.25, -0.2) is 0 Å². The van der Waals surface area contributed by atoms with Gasteiger partial charge in [0.1, 0.15) is 17.1 Å². The quantitative estimate of drug-likeness (QED) is 0.266. The van der Waals surface area contributed by atoms with E-state index in [2.05, 4.69) is 5.32 Å². The van der Waals surface area contributed by atoms with Gasteiger partial charge in [0, 0.05) is 39.7 Å². The number of ether oxygens (including phenoxy) is 2. The third-order valence-electron chi connectivity index (χ3n) is 5.91. The van der Waals surface area contributed by atoms with Crippen LogP contribution < -0.4 is 14.8 Å². The third kappa shape index (κ3) is 5.20. The minimum absolute atomic E-state index is 0.207. The van der Waals surface area contributed by atoms with Gasteiger partial charge in [0.2, 0.25) is 5.91 Å². The van der Waals surface area contributed by atoms with E-state index in [0.29, 0.717) is 23.9 Å². The highest BCUT2D eigenvalue weighted by atomic mass is 35.5. The first-order chi connectivity index (χ1) is 16.9. The number of rotatable bonds is 8. The van der Waals surface area contributed by atoms with Gasteiger partial charge in [0.15, 0.2) is 0 Å². The lowest BCUT2D eigenvalue weighted by Gasteiger charge is -2.13. The van der Waals surface area contributed by atoms with Crippen LogP contribution in [0.15, 0.2) is 71.4 Å². The minimum Gasteiger partial charge on any atom is -0.496 e. The summed E-state index contributed by atoms with van der Waals surface area (Å²) in [5, 5.41) is 4.48. The maximum Gasteiger partial charge on any atom is 0.244 e. The molecule has 0 saturated carbocycles. The third-order valence-corrected chi connectivity index (χ3v) is 6.28. The first-order valence-corrected chi connectivity index (χ1v) is 11.8. The lowest BCUT2D eigenvalue weighted by atomic mass is 9.96. The Hall–Kier alpha value is -3.70. The summed E-state index contributed by atoms with van der Waals surface area (Å²) in [4.78, 5) is 12.7. The van der Waals surface area contributed by atoms with Crippen molar-refractivity contribution in [1.29, 1.82) is 0 Å². The average molecular weight is 490 g/mol. The van der Waals surface area contributed by atoms with Crippen molar-refractivity contribution in [3.63, 3.8) is 0 Å². The number of halogens is 1. The first-order valence-electron chi connectivity index (χ1n) is 11.4. The molecule has 0 aliphatic rings. The molecule has 0 atom stereocenters. The molecule has 35 heavy (non-hydrogen) atoms. The van der Waals surface area contributed by atoms with Crippen LogP contribution in [0.25, 0.3) is 27.7 Å². The molecule has 0 bridgehead atoms. The minimum atomic E-state index is -0.207. The first kappa shape index (κ1) is 24.4. The van der Waals surface area contributed by atoms with E-state index >= 15 is 0 Å². The van der Waals surface area contributed by atoms with Crippen LogP contribution in [-0.2, 0) is 11.3 Å². The van der Waals surface area contributed by atoms with Crippen LogP contribution >= 0.6 is 11.6 Å². The lowest BCUT2D eigenvalue weighted by Crippen LogP contribution is -2.20. The Morgan fingerprint density at radius 3 is 2.57 bits per heavy atom. The molecule has 0 fully saturated rings. The number of hydrogen-bond acceptors (Lipinski definition) is 4. The van der Waals surface area contributed by atoms with E-state index in [4.69, 9.17) is 25.5 Å². The van der Waals surface area contributed by atoms with Crippen molar-refractivity contribution >= 4 is 34.1 Å². The molecule has 0 aliphatic carbocycles. The van der Waals surface area contributed by atoms with Crippen LogP contribution in [0.1, 0.15) is 30.5 Å². The molecular weight excluding hydrogens is 462 g/mol. The van der Waals surface area contributed by atoms with E-state index in [9.17, 15) is 4.79 Å². The van der Waals surface area contributed by atoms with E-state index in [1.165, 1.54) is 0 Å². The molecule has 180 valence electrons. The van der Waals surface area contributed by atoms with E-state index in [1.54, 1.807) is 25.5 Å². The molecule has 4 aromatic rings. The van der Waals surface area contributed by atoms with E-state index in [1.807, 2.05) is 69.3 Å². The zero-order valence-electron chi connectivity index (χ0n) is 20.3. The number of fused-ring (bicyclic) bond motifs is 1. The van der Waals surface area contributed by atoms with Crippen LogP contribution in [0.2, 0.25) is 5.02 Å². The number of allylic oxidation sites excluding steroid dienone is 1. The number of hydrogen-bond donors (Lipinski definition) is 1. The molecule has 3 aromatic carbocycles. The van der Waals surface area contributed by atoms with Crippen LogP contribution in [0.3, 0.4) is 0 Å². The Bertz CT molecular complexity index is 1390. The lowest BCUT2D eigenvalue weighted by molar-refractivity contribution is -0.116. The Balaban J connectivity index is 1.67. The second-order valence-corrected chi connectivity index (χ2v) is 8.61. The molecule has 0 saturated heterocycles. The highest BCUT2D eigenvalue weighted by molar-refractivity contribution is 6.31. The van der Waals surface area contributed by atoms with Gasteiger partial charge in [-0.05, 0) is 61.7 Å².